The Kier molecular flexibility index (Phi) is 10.7. The van der Waals surface area contributed by atoms with Crippen molar-refractivity contribution in [3.63, 3.8) is 0 Å². The van der Waals surface area contributed by atoms with Crippen LogP contribution in [0.25, 0.3) is 0 Å². The van der Waals surface area contributed by atoms with Gasteiger partial charge >= 0.3 is 12.1 Å². The van der Waals surface area contributed by atoms with Gasteiger partial charge in [-0.2, -0.15) is 9.59 Å². The van der Waals surface area contributed by atoms with E-state index >= 15 is 0 Å². The second-order valence-electron chi connectivity index (χ2n) is 4.75. The maximum Gasteiger partial charge on any atom is 0.373 e. The quantitative estimate of drug-likeness (QED) is 0.525. The molecule has 0 aliphatic rings. The SMILES string of the molecule is COc1cc(CP(=O)(O)CCCN)cc(Cl)c1OCC(=O)O.O=C=O. The van der Waals surface area contributed by atoms with Crippen LogP contribution in [0.2, 0.25) is 5.02 Å². The number of benzene rings is 1. The lowest BCUT2D eigenvalue weighted by Gasteiger charge is -2.15. The van der Waals surface area contributed by atoms with Crippen molar-refractivity contribution in [3.8, 4) is 11.5 Å². The summed E-state index contributed by atoms with van der Waals surface area (Å²) in [7, 11) is -1.99. The highest BCUT2D eigenvalue weighted by Crippen LogP contribution is 2.47. The van der Waals surface area contributed by atoms with E-state index in [0.717, 1.165) is 0 Å². The van der Waals surface area contributed by atoms with Crippen LogP contribution in [-0.4, -0.2) is 48.5 Å². The van der Waals surface area contributed by atoms with Crippen molar-refractivity contribution >= 4 is 31.1 Å². The second kappa shape index (κ2) is 11.6. The minimum absolute atomic E-state index is 0.0672. The van der Waals surface area contributed by atoms with Crippen LogP contribution >= 0.6 is 19.0 Å². The molecule has 1 aromatic carbocycles. The molecular weight excluding hydrogens is 377 g/mol. The molecule has 0 bridgehead atoms. The lowest BCUT2D eigenvalue weighted by Crippen LogP contribution is -2.10. The van der Waals surface area contributed by atoms with Gasteiger partial charge in [0.25, 0.3) is 0 Å². The number of carbonyl (C=O) groups excluding carboxylic acids is 2. The molecule has 140 valence electrons. The van der Waals surface area contributed by atoms with Crippen LogP contribution in [0.5, 0.6) is 11.5 Å². The van der Waals surface area contributed by atoms with Crippen molar-refractivity contribution in [1.29, 1.82) is 0 Å². The minimum Gasteiger partial charge on any atom is -0.493 e. The molecule has 25 heavy (non-hydrogen) atoms. The Morgan fingerprint density at radius 3 is 2.48 bits per heavy atom. The molecule has 0 radical (unpaired) electrons. The molecule has 0 saturated heterocycles. The van der Waals surface area contributed by atoms with Gasteiger partial charge in [-0.3, -0.25) is 4.57 Å². The summed E-state index contributed by atoms with van der Waals surface area (Å²) in [6.45, 7) is -0.221. The molecule has 0 aliphatic carbocycles. The van der Waals surface area contributed by atoms with Crippen LogP contribution in [0.1, 0.15) is 12.0 Å². The number of rotatable bonds is 9. The molecule has 1 aromatic rings. The van der Waals surface area contributed by atoms with Gasteiger partial charge in [0, 0.05) is 12.3 Å². The minimum atomic E-state index is -3.36. The fourth-order valence-corrected chi connectivity index (χ4v) is 3.72. The number of hydrogen-bond acceptors (Lipinski definition) is 7. The van der Waals surface area contributed by atoms with Crippen LogP contribution in [0, 0.1) is 0 Å². The first kappa shape index (κ1) is 23.1. The summed E-state index contributed by atoms with van der Waals surface area (Å²) < 4.78 is 22.2. The summed E-state index contributed by atoms with van der Waals surface area (Å²) in [5.41, 5.74) is 5.85. The molecule has 4 N–H and O–H groups in total. The summed E-state index contributed by atoms with van der Waals surface area (Å²) in [5, 5.41) is 8.75. The Morgan fingerprint density at radius 1 is 1.40 bits per heavy atom. The molecule has 0 amide bonds. The zero-order chi connectivity index (χ0) is 19.5. The van der Waals surface area contributed by atoms with Crippen LogP contribution < -0.4 is 15.2 Å². The summed E-state index contributed by atoms with van der Waals surface area (Å²) in [5.74, 6) is -0.850. The van der Waals surface area contributed by atoms with Gasteiger partial charge in [0.2, 0.25) is 7.37 Å². The third-order valence-corrected chi connectivity index (χ3v) is 4.93. The molecule has 1 unspecified atom stereocenters. The Balaban J connectivity index is 0.00000178. The van der Waals surface area contributed by atoms with Gasteiger partial charge in [-0.25, -0.2) is 4.79 Å². The van der Waals surface area contributed by atoms with Crippen LogP contribution in [0.15, 0.2) is 12.1 Å². The standard InChI is InChI=1S/C13H19ClNO6P.CO2/c1-20-11-6-9(8-22(18,19)4-2-3-15)5-10(14)13(11)21-7-12(16)17;2-1-3/h5-6H,2-4,7-8,15H2,1H3,(H,16,17)(H,18,19);. The fraction of sp³-hybridized carbons (Fsp3) is 0.429. The van der Waals surface area contributed by atoms with E-state index in [0.29, 0.717) is 18.5 Å². The van der Waals surface area contributed by atoms with Crippen molar-refractivity contribution in [2.45, 2.75) is 12.6 Å². The maximum atomic E-state index is 12.1. The number of halogens is 1. The van der Waals surface area contributed by atoms with Gasteiger partial charge in [-0.05, 0) is 30.7 Å². The van der Waals surface area contributed by atoms with Crippen LogP contribution in [0.4, 0.5) is 0 Å². The molecule has 1 atom stereocenters. The number of carboxylic acids is 1. The van der Waals surface area contributed by atoms with Gasteiger partial charge in [0.15, 0.2) is 18.1 Å². The van der Waals surface area contributed by atoms with Gasteiger partial charge < -0.3 is 25.2 Å². The number of carbonyl (C=O) groups is 1. The van der Waals surface area contributed by atoms with Crippen molar-refractivity contribution < 1.29 is 38.4 Å². The largest absolute Gasteiger partial charge is 0.493 e. The molecular formula is C14H19ClNO8P. The smallest absolute Gasteiger partial charge is 0.373 e. The first-order valence-electron chi connectivity index (χ1n) is 6.92. The highest BCUT2D eigenvalue weighted by atomic mass is 35.5. The number of ether oxygens (including phenoxy) is 2. The molecule has 9 nitrogen and oxygen atoms in total. The number of carboxylic acid groups (broad SMARTS) is 1. The summed E-state index contributed by atoms with van der Waals surface area (Å²) in [6.07, 6.45) is 0.765. The highest BCUT2D eigenvalue weighted by Gasteiger charge is 2.21. The molecule has 0 saturated carbocycles. The van der Waals surface area contributed by atoms with E-state index < -0.39 is 19.9 Å². The third kappa shape index (κ3) is 9.24. The predicted octanol–water partition coefficient (Wildman–Crippen LogP) is 1.35. The van der Waals surface area contributed by atoms with E-state index in [9.17, 15) is 14.3 Å². The average molecular weight is 396 g/mol. The zero-order valence-corrected chi connectivity index (χ0v) is 15.1. The molecule has 0 spiro atoms. The van der Waals surface area contributed by atoms with E-state index in [1.807, 2.05) is 0 Å². The topological polar surface area (TPSA) is 153 Å². The molecule has 0 fully saturated rings. The number of hydrogen-bond donors (Lipinski definition) is 3. The van der Waals surface area contributed by atoms with E-state index in [-0.39, 0.29) is 35.0 Å². The number of methoxy groups -OCH3 is 1. The highest BCUT2D eigenvalue weighted by molar-refractivity contribution is 7.57. The summed E-state index contributed by atoms with van der Waals surface area (Å²) >= 11 is 6.04. The first-order chi connectivity index (χ1) is 11.7. The predicted molar refractivity (Wildman–Crippen MR) is 88.2 cm³/mol. The summed E-state index contributed by atoms with van der Waals surface area (Å²) in [6, 6.07) is 2.97. The van der Waals surface area contributed by atoms with Crippen LogP contribution in [0.3, 0.4) is 0 Å². The van der Waals surface area contributed by atoms with Crippen molar-refractivity contribution in [3.05, 3.63) is 22.7 Å². The third-order valence-electron chi connectivity index (χ3n) is 2.77. The normalized spacial score (nSPS) is 12.2. The van der Waals surface area contributed by atoms with Crippen molar-refractivity contribution in [1.82, 2.24) is 0 Å². The zero-order valence-electron chi connectivity index (χ0n) is 13.4. The second-order valence-corrected chi connectivity index (χ2v) is 7.61. The van der Waals surface area contributed by atoms with Crippen LogP contribution in [-0.2, 0) is 25.1 Å². The maximum absolute atomic E-state index is 12.1. The Morgan fingerprint density at radius 2 is 2.00 bits per heavy atom. The molecule has 0 aliphatic heterocycles. The molecule has 1 rings (SSSR count). The lowest BCUT2D eigenvalue weighted by atomic mass is 10.2. The first-order valence-corrected chi connectivity index (χ1v) is 9.32. The lowest BCUT2D eigenvalue weighted by molar-refractivity contribution is -0.191. The number of aliphatic carboxylic acids is 1. The molecule has 0 heterocycles. The van der Waals surface area contributed by atoms with Gasteiger partial charge in [0.1, 0.15) is 0 Å². The molecule has 11 heteroatoms. The van der Waals surface area contributed by atoms with Gasteiger partial charge in [-0.1, -0.05) is 11.6 Å². The monoisotopic (exact) mass is 395 g/mol. The molecule has 0 aromatic heterocycles. The average Bonchev–Trinajstić information content (AvgIpc) is 2.51. The van der Waals surface area contributed by atoms with E-state index in [2.05, 4.69) is 0 Å². The van der Waals surface area contributed by atoms with Gasteiger partial charge in [0.05, 0.1) is 12.1 Å². The van der Waals surface area contributed by atoms with Crippen molar-refractivity contribution in [2.75, 3.05) is 26.4 Å². The fourth-order valence-electron chi connectivity index (χ4n) is 1.84. The van der Waals surface area contributed by atoms with E-state index in [1.54, 1.807) is 0 Å². The Labute approximate surface area is 149 Å². The van der Waals surface area contributed by atoms with E-state index in [1.165, 1.54) is 19.2 Å². The number of nitrogens with two attached hydrogens (primary N) is 1. The van der Waals surface area contributed by atoms with E-state index in [4.69, 9.17) is 41.5 Å². The van der Waals surface area contributed by atoms with Gasteiger partial charge in [-0.15, -0.1) is 0 Å². The Bertz CT molecular complexity index is 660. The Hall–Kier alpha value is -1.89. The van der Waals surface area contributed by atoms with Crippen molar-refractivity contribution in [2.24, 2.45) is 5.73 Å². The summed E-state index contributed by atoms with van der Waals surface area (Å²) in [4.78, 5) is 36.7.